The summed E-state index contributed by atoms with van der Waals surface area (Å²) in [5, 5.41) is 0. The lowest BCUT2D eigenvalue weighted by Crippen LogP contribution is -2.24. The van der Waals surface area contributed by atoms with Gasteiger partial charge in [0.25, 0.3) is 0 Å². The molecule has 1 heterocycles. The highest BCUT2D eigenvalue weighted by Gasteiger charge is 2.24. The predicted molar refractivity (Wildman–Crippen MR) is 55.7 cm³/mol. The molecule has 1 aliphatic rings. The van der Waals surface area contributed by atoms with E-state index in [1.165, 1.54) is 4.73 Å². The van der Waals surface area contributed by atoms with Crippen LogP contribution in [0.15, 0.2) is 22.9 Å². The molecule has 0 bridgehead atoms. The van der Waals surface area contributed by atoms with Crippen LogP contribution in [0.3, 0.4) is 0 Å². The number of nitrogens with zero attached hydrogens (tertiary/aromatic N) is 1. The van der Waals surface area contributed by atoms with E-state index in [1.54, 1.807) is 12.4 Å². The standard InChI is InChI=1S/C10H12BrNO2/c11-9-5-6-12(7-9)14-10(13)8-3-1-2-4-8/h5-8H,1-4H2. The number of rotatable bonds is 2. The Labute approximate surface area is 91.1 Å². The average molecular weight is 258 g/mol. The quantitative estimate of drug-likeness (QED) is 0.815. The molecule has 0 atom stereocenters. The van der Waals surface area contributed by atoms with Crippen molar-refractivity contribution in [2.75, 3.05) is 0 Å². The van der Waals surface area contributed by atoms with Gasteiger partial charge in [0, 0.05) is 10.7 Å². The minimum Gasteiger partial charge on any atom is -0.337 e. The maximum Gasteiger partial charge on any atom is 0.335 e. The maximum absolute atomic E-state index is 11.6. The normalized spacial score (nSPS) is 17.2. The van der Waals surface area contributed by atoms with E-state index >= 15 is 0 Å². The van der Waals surface area contributed by atoms with Gasteiger partial charge < -0.3 is 4.84 Å². The highest BCUT2D eigenvalue weighted by molar-refractivity contribution is 9.10. The van der Waals surface area contributed by atoms with Crippen molar-refractivity contribution in [2.24, 2.45) is 5.92 Å². The number of hydrogen-bond acceptors (Lipinski definition) is 2. The lowest BCUT2D eigenvalue weighted by Gasteiger charge is -2.08. The summed E-state index contributed by atoms with van der Waals surface area (Å²) in [5.41, 5.74) is 0. The molecule has 0 N–H and O–H groups in total. The van der Waals surface area contributed by atoms with Crippen LogP contribution in [0.2, 0.25) is 0 Å². The fourth-order valence-corrected chi connectivity index (χ4v) is 2.07. The zero-order chi connectivity index (χ0) is 9.97. The zero-order valence-electron chi connectivity index (χ0n) is 7.78. The van der Waals surface area contributed by atoms with Crippen LogP contribution in [-0.2, 0) is 4.79 Å². The molecule has 1 aromatic rings. The molecule has 4 heteroatoms. The number of carbonyl (C=O) groups excluding carboxylic acids is 1. The van der Waals surface area contributed by atoms with Crippen LogP contribution in [0.5, 0.6) is 0 Å². The topological polar surface area (TPSA) is 31.2 Å². The van der Waals surface area contributed by atoms with Crippen molar-refractivity contribution in [1.82, 2.24) is 4.73 Å². The highest BCUT2D eigenvalue weighted by Crippen LogP contribution is 2.25. The molecule has 0 amide bonds. The van der Waals surface area contributed by atoms with Crippen molar-refractivity contribution in [1.29, 1.82) is 0 Å². The molecular formula is C10H12BrNO2. The van der Waals surface area contributed by atoms with Crippen molar-refractivity contribution in [3.05, 3.63) is 22.9 Å². The van der Waals surface area contributed by atoms with E-state index in [4.69, 9.17) is 4.84 Å². The lowest BCUT2D eigenvalue weighted by atomic mass is 10.1. The van der Waals surface area contributed by atoms with Gasteiger partial charge in [-0.1, -0.05) is 12.8 Å². The Morgan fingerprint density at radius 1 is 1.50 bits per heavy atom. The van der Waals surface area contributed by atoms with Crippen LogP contribution in [0.1, 0.15) is 25.7 Å². The van der Waals surface area contributed by atoms with Crippen molar-refractivity contribution >= 4 is 21.9 Å². The fourth-order valence-electron chi connectivity index (χ4n) is 1.75. The summed E-state index contributed by atoms with van der Waals surface area (Å²) in [4.78, 5) is 16.7. The summed E-state index contributed by atoms with van der Waals surface area (Å²) in [6.45, 7) is 0. The first-order valence-electron chi connectivity index (χ1n) is 4.81. The van der Waals surface area contributed by atoms with Gasteiger partial charge in [-0.15, -0.1) is 0 Å². The highest BCUT2D eigenvalue weighted by atomic mass is 79.9. The molecule has 0 saturated heterocycles. The van der Waals surface area contributed by atoms with Gasteiger partial charge in [0.1, 0.15) is 0 Å². The third-order valence-electron chi connectivity index (χ3n) is 2.52. The number of carbonyl (C=O) groups is 1. The van der Waals surface area contributed by atoms with Gasteiger partial charge in [0.05, 0.1) is 12.1 Å². The Hall–Kier alpha value is -0.770. The van der Waals surface area contributed by atoms with Crippen LogP contribution in [-0.4, -0.2) is 10.7 Å². The minimum atomic E-state index is -0.106. The molecule has 76 valence electrons. The SMILES string of the molecule is O=C(On1ccc(Br)c1)C1CCCC1. The molecule has 1 aliphatic carbocycles. The van der Waals surface area contributed by atoms with Crippen molar-refractivity contribution < 1.29 is 9.63 Å². The van der Waals surface area contributed by atoms with Crippen molar-refractivity contribution in [3.63, 3.8) is 0 Å². The first-order valence-corrected chi connectivity index (χ1v) is 5.61. The molecule has 2 rings (SSSR count). The molecular weight excluding hydrogens is 246 g/mol. The molecule has 0 unspecified atom stereocenters. The summed E-state index contributed by atoms with van der Waals surface area (Å²) in [6.07, 6.45) is 7.69. The molecule has 0 aliphatic heterocycles. The second-order valence-electron chi connectivity index (χ2n) is 3.58. The van der Waals surface area contributed by atoms with Crippen LogP contribution < -0.4 is 4.84 Å². The van der Waals surface area contributed by atoms with E-state index in [2.05, 4.69) is 15.9 Å². The van der Waals surface area contributed by atoms with E-state index in [9.17, 15) is 4.79 Å². The van der Waals surface area contributed by atoms with Crippen molar-refractivity contribution in [3.8, 4) is 0 Å². The van der Waals surface area contributed by atoms with E-state index in [1.807, 2.05) is 6.07 Å². The largest absolute Gasteiger partial charge is 0.337 e. The van der Waals surface area contributed by atoms with Gasteiger partial charge in [-0.25, -0.2) is 4.79 Å². The minimum absolute atomic E-state index is 0.106. The van der Waals surface area contributed by atoms with Crippen LogP contribution in [0.4, 0.5) is 0 Å². The second kappa shape index (κ2) is 4.17. The van der Waals surface area contributed by atoms with E-state index in [0.717, 1.165) is 30.2 Å². The summed E-state index contributed by atoms with van der Waals surface area (Å²) < 4.78 is 2.36. The van der Waals surface area contributed by atoms with E-state index in [0.29, 0.717) is 0 Å². The summed E-state index contributed by atoms with van der Waals surface area (Å²) in [7, 11) is 0. The first-order chi connectivity index (χ1) is 6.75. The summed E-state index contributed by atoms with van der Waals surface area (Å²) in [6, 6.07) is 1.84. The monoisotopic (exact) mass is 257 g/mol. The maximum atomic E-state index is 11.6. The third kappa shape index (κ3) is 2.18. The Kier molecular flexibility index (Phi) is 2.91. The summed E-state index contributed by atoms with van der Waals surface area (Å²) >= 11 is 3.29. The van der Waals surface area contributed by atoms with E-state index < -0.39 is 0 Å². The number of hydrogen-bond donors (Lipinski definition) is 0. The molecule has 1 fully saturated rings. The Morgan fingerprint density at radius 3 is 2.79 bits per heavy atom. The first kappa shape index (κ1) is 9.77. The average Bonchev–Trinajstić information content (AvgIpc) is 2.75. The Bertz CT molecular complexity index is 329. The second-order valence-corrected chi connectivity index (χ2v) is 4.50. The molecule has 0 radical (unpaired) electrons. The molecule has 1 saturated carbocycles. The van der Waals surface area contributed by atoms with E-state index in [-0.39, 0.29) is 11.9 Å². The van der Waals surface area contributed by atoms with Crippen LogP contribution in [0.25, 0.3) is 0 Å². The zero-order valence-corrected chi connectivity index (χ0v) is 9.37. The molecule has 0 aromatic carbocycles. The number of halogens is 1. The Balaban J connectivity index is 1.93. The Morgan fingerprint density at radius 2 is 2.21 bits per heavy atom. The lowest BCUT2D eigenvalue weighted by molar-refractivity contribution is -0.148. The van der Waals surface area contributed by atoms with Gasteiger partial charge in [0.2, 0.25) is 0 Å². The van der Waals surface area contributed by atoms with Crippen LogP contribution in [0, 0.1) is 5.92 Å². The van der Waals surface area contributed by atoms with Crippen molar-refractivity contribution in [2.45, 2.75) is 25.7 Å². The smallest absolute Gasteiger partial charge is 0.335 e. The van der Waals surface area contributed by atoms with Gasteiger partial charge in [0.15, 0.2) is 0 Å². The molecule has 14 heavy (non-hydrogen) atoms. The molecule has 0 spiro atoms. The van der Waals surface area contributed by atoms with Gasteiger partial charge in [-0.2, -0.15) is 4.73 Å². The molecule has 3 nitrogen and oxygen atoms in total. The van der Waals surface area contributed by atoms with Crippen LogP contribution >= 0.6 is 15.9 Å². The van der Waals surface area contributed by atoms with Gasteiger partial charge in [-0.05, 0) is 34.8 Å². The molecule has 1 aromatic heterocycles. The van der Waals surface area contributed by atoms with Gasteiger partial charge in [-0.3, -0.25) is 0 Å². The number of aromatic nitrogens is 1. The fraction of sp³-hybridized carbons (Fsp3) is 0.500. The predicted octanol–water partition coefficient (Wildman–Crippen LogP) is 2.40. The third-order valence-corrected chi connectivity index (χ3v) is 2.98. The van der Waals surface area contributed by atoms with Gasteiger partial charge >= 0.3 is 5.97 Å². The summed E-state index contributed by atoms with van der Waals surface area (Å²) in [5.74, 6) is 0.00164.